The smallest absolute Gasteiger partial charge is 0.289 e. The van der Waals surface area contributed by atoms with Crippen LogP contribution in [0.5, 0.6) is 5.75 Å². The lowest BCUT2D eigenvalue weighted by molar-refractivity contribution is 0.0667. The van der Waals surface area contributed by atoms with Gasteiger partial charge in [0.25, 0.3) is 11.8 Å². The molecule has 1 aromatic carbocycles. The van der Waals surface area contributed by atoms with Crippen LogP contribution < -0.4 is 10.1 Å². The van der Waals surface area contributed by atoms with Crippen molar-refractivity contribution in [1.29, 1.82) is 0 Å². The number of hydrogen-bond donors (Lipinski definition) is 1. The number of carbonyl (C=O) groups excluding carboxylic acids is 2. The lowest BCUT2D eigenvalue weighted by atomic mass is 10.0. The van der Waals surface area contributed by atoms with E-state index >= 15 is 0 Å². The molecule has 0 radical (unpaired) electrons. The van der Waals surface area contributed by atoms with Crippen LogP contribution in [-0.2, 0) is 6.42 Å². The molecule has 130 valence electrons. The van der Waals surface area contributed by atoms with Gasteiger partial charge in [0.15, 0.2) is 5.76 Å². The van der Waals surface area contributed by atoms with Gasteiger partial charge in [-0.1, -0.05) is 0 Å². The number of fused-ring (bicyclic) bond motifs is 1. The third kappa shape index (κ3) is 3.24. The third-order valence-electron chi connectivity index (χ3n) is 4.80. The molecule has 2 amide bonds. The molecule has 6 heteroatoms. The molecule has 1 aromatic heterocycles. The van der Waals surface area contributed by atoms with Gasteiger partial charge in [-0.25, -0.2) is 0 Å². The van der Waals surface area contributed by atoms with Crippen molar-refractivity contribution in [3.63, 3.8) is 0 Å². The fourth-order valence-electron chi connectivity index (χ4n) is 3.38. The first-order valence-corrected chi connectivity index (χ1v) is 8.60. The van der Waals surface area contributed by atoms with Crippen molar-refractivity contribution in [2.45, 2.75) is 25.3 Å². The highest BCUT2D eigenvalue weighted by atomic mass is 16.5. The summed E-state index contributed by atoms with van der Waals surface area (Å²) in [4.78, 5) is 26.5. The monoisotopic (exact) mass is 340 g/mol. The second-order valence-electron chi connectivity index (χ2n) is 6.44. The molecule has 0 saturated carbocycles. The molecule has 2 aliphatic heterocycles. The van der Waals surface area contributed by atoms with Crippen molar-refractivity contribution in [3.05, 3.63) is 53.5 Å². The van der Waals surface area contributed by atoms with Gasteiger partial charge in [-0.3, -0.25) is 9.59 Å². The number of nitrogens with one attached hydrogen (secondary N) is 1. The van der Waals surface area contributed by atoms with E-state index in [-0.39, 0.29) is 17.9 Å². The molecule has 1 saturated heterocycles. The van der Waals surface area contributed by atoms with Crippen LogP contribution >= 0.6 is 0 Å². The molecule has 0 spiro atoms. The number of rotatable bonds is 3. The summed E-state index contributed by atoms with van der Waals surface area (Å²) in [6, 6.07) is 9.04. The first-order valence-electron chi connectivity index (χ1n) is 8.60. The Bertz CT molecular complexity index is 777. The van der Waals surface area contributed by atoms with E-state index in [9.17, 15) is 9.59 Å². The maximum Gasteiger partial charge on any atom is 0.289 e. The summed E-state index contributed by atoms with van der Waals surface area (Å²) in [7, 11) is 0. The lowest BCUT2D eigenvalue weighted by Gasteiger charge is -2.31. The van der Waals surface area contributed by atoms with Gasteiger partial charge in [-0.05, 0) is 48.7 Å². The average Bonchev–Trinajstić information content (AvgIpc) is 3.32. The van der Waals surface area contributed by atoms with Crippen LogP contribution in [0.1, 0.15) is 39.3 Å². The quantitative estimate of drug-likeness (QED) is 0.930. The lowest BCUT2D eigenvalue weighted by Crippen LogP contribution is -2.46. The zero-order valence-electron chi connectivity index (χ0n) is 13.9. The van der Waals surface area contributed by atoms with Gasteiger partial charge in [0.05, 0.1) is 12.9 Å². The van der Waals surface area contributed by atoms with Crippen LogP contribution in [0.15, 0.2) is 41.0 Å². The molecule has 2 aliphatic rings. The molecule has 0 atom stereocenters. The van der Waals surface area contributed by atoms with Gasteiger partial charge < -0.3 is 19.4 Å². The Hall–Kier alpha value is -2.76. The minimum atomic E-state index is -0.0894. The van der Waals surface area contributed by atoms with E-state index in [1.807, 2.05) is 12.1 Å². The largest absolute Gasteiger partial charge is 0.493 e. The summed E-state index contributed by atoms with van der Waals surface area (Å²) in [6.07, 6.45) is 3.84. The van der Waals surface area contributed by atoms with Crippen molar-refractivity contribution >= 4 is 11.8 Å². The summed E-state index contributed by atoms with van der Waals surface area (Å²) < 4.78 is 10.6. The van der Waals surface area contributed by atoms with Crippen LogP contribution in [0.2, 0.25) is 0 Å². The normalized spacial score (nSPS) is 17.0. The molecule has 3 heterocycles. The van der Waals surface area contributed by atoms with E-state index in [0.717, 1.165) is 30.6 Å². The van der Waals surface area contributed by atoms with Crippen LogP contribution in [0, 0.1) is 0 Å². The fraction of sp³-hybridized carbons (Fsp3) is 0.368. The molecule has 1 N–H and O–H groups in total. The number of nitrogens with zero attached hydrogens (tertiary/aromatic N) is 1. The number of ether oxygens (including phenoxy) is 1. The highest BCUT2D eigenvalue weighted by Gasteiger charge is 2.26. The number of hydrogen-bond acceptors (Lipinski definition) is 4. The minimum absolute atomic E-state index is 0.0643. The summed E-state index contributed by atoms with van der Waals surface area (Å²) in [5.41, 5.74) is 1.75. The van der Waals surface area contributed by atoms with Gasteiger partial charge in [0, 0.05) is 31.1 Å². The summed E-state index contributed by atoms with van der Waals surface area (Å²) in [5.74, 6) is 1.09. The molecule has 2 aromatic rings. The van der Waals surface area contributed by atoms with E-state index in [1.165, 1.54) is 6.26 Å². The maximum absolute atomic E-state index is 12.5. The van der Waals surface area contributed by atoms with Crippen molar-refractivity contribution in [2.75, 3.05) is 19.7 Å². The predicted octanol–water partition coefficient (Wildman–Crippen LogP) is 2.25. The van der Waals surface area contributed by atoms with Gasteiger partial charge in [0.1, 0.15) is 5.75 Å². The number of amides is 2. The van der Waals surface area contributed by atoms with Crippen LogP contribution in [-0.4, -0.2) is 42.5 Å². The number of piperidine rings is 1. The van der Waals surface area contributed by atoms with Gasteiger partial charge in [0.2, 0.25) is 0 Å². The Kier molecular flexibility index (Phi) is 4.17. The van der Waals surface area contributed by atoms with Crippen LogP contribution in [0.4, 0.5) is 0 Å². The Morgan fingerprint density at radius 1 is 1.16 bits per heavy atom. The molecule has 4 rings (SSSR count). The minimum Gasteiger partial charge on any atom is -0.493 e. The topological polar surface area (TPSA) is 71.8 Å². The zero-order valence-corrected chi connectivity index (χ0v) is 13.9. The summed E-state index contributed by atoms with van der Waals surface area (Å²) in [5, 5.41) is 3.08. The predicted molar refractivity (Wildman–Crippen MR) is 90.7 cm³/mol. The van der Waals surface area contributed by atoms with Crippen molar-refractivity contribution < 1.29 is 18.7 Å². The Morgan fingerprint density at radius 2 is 2.00 bits per heavy atom. The highest BCUT2D eigenvalue weighted by molar-refractivity contribution is 5.95. The Labute approximate surface area is 145 Å². The molecule has 25 heavy (non-hydrogen) atoms. The summed E-state index contributed by atoms with van der Waals surface area (Å²) in [6.45, 7) is 1.91. The molecule has 1 fully saturated rings. The van der Waals surface area contributed by atoms with E-state index in [0.29, 0.717) is 31.0 Å². The summed E-state index contributed by atoms with van der Waals surface area (Å²) >= 11 is 0. The Balaban J connectivity index is 1.32. The van der Waals surface area contributed by atoms with Gasteiger partial charge >= 0.3 is 0 Å². The first-order chi connectivity index (χ1) is 12.2. The standard InChI is InChI=1S/C19H20N2O4/c22-18(14-3-4-16-13(12-14)7-11-25-16)20-15-5-8-21(9-6-15)19(23)17-2-1-10-24-17/h1-4,10,12,15H,5-9,11H2,(H,20,22). The van der Waals surface area contributed by atoms with Crippen LogP contribution in [0.3, 0.4) is 0 Å². The Morgan fingerprint density at radius 3 is 2.76 bits per heavy atom. The SMILES string of the molecule is O=C(NC1CCN(C(=O)c2ccco2)CC1)c1ccc2c(c1)CCO2. The van der Waals surface area contributed by atoms with E-state index in [2.05, 4.69) is 5.32 Å². The average molecular weight is 340 g/mol. The second kappa shape index (κ2) is 6.63. The highest BCUT2D eigenvalue weighted by Crippen LogP contribution is 2.26. The number of benzene rings is 1. The van der Waals surface area contributed by atoms with E-state index < -0.39 is 0 Å². The van der Waals surface area contributed by atoms with Crippen molar-refractivity contribution in [2.24, 2.45) is 0 Å². The number of carbonyl (C=O) groups is 2. The van der Waals surface area contributed by atoms with Gasteiger partial charge in [-0.2, -0.15) is 0 Å². The molecule has 6 nitrogen and oxygen atoms in total. The third-order valence-corrected chi connectivity index (χ3v) is 4.80. The number of furan rings is 1. The molecular formula is C19H20N2O4. The molecule has 0 unspecified atom stereocenters. The molecule has 0 aliphatic carbocycles. The zero-order chi connectivity index (χ0) is 17.2. The first kappa shape index (κ1) is 15.7. The second-order valence-corrected chi connectivity index (χ2v) is 6.44. The van der Waals surface area contributed by atoms with Crippen molar-refractivity contribution in [1.82, 2.24) is 10.2 Å². The van der Waals surface area contributed by atoms with Crippen LogP contribution in [0.25, 0.3) is 0 Å². The molecule has 0 bridgehead atoms. The van der Waals surface area contributed by atoms with Gasteiger partial charge in [-0.15, -0.1) is 0 Å². The molecular weight excluding hydrogens is 320 g/mol. The fourth-order valence-corrected chi connectivity index (χ4v) is 3.38. The van der Waals surface area contributed by atoms with E-state index in [4.69, 9.17) is 9.15 Å². The van der Waals surface area contributed by atoms with Crippen molar-refractivity contribution in [3.8, 4) is 5.75 Å². The number of likely N-dealkylation sites (tertiary alicyclic amines) is 1. The maximum atomic E-state index is 12.5. The van der Waals surface area contributed by atoms with E-state index in [1.54, 1.807) is 23.1 Å².